The van der Waals surface area contributed by atoms with Crippen LogP contribution >= 0.6 is 24.2 Å². The van der Waals surface area contributed by atoms with E-state index in [0.29, 0.717) is 19.0 Å². The third-order valence-electron chi connectivity index (χ3n) is 6.74. The fraction of sp³-hybridized carbons (Fsp3) is 0.400. The molecule has 1 aliphatic heterocycles. The maximum Gasteiger partial charge on any atom is 0.329 e. The fourth-order valence-corrected chi connectivity index (χ4v) is 5.31. The lowest BCUT2D eigenvalue weighted by molar-refractivity contribution is -0.149. The number of benzene rings is 3. The highest BCUT2D eigenvalue weighted by atomic mass is 35.5. The van der Waals surface area contributed by atoms with Crippen molar-refractivity contribution in [3.05, 3.63) is 83.9 Å². The molecule has 0 bridgehead atoms. The van der Waals surface area contributed by atoms with Crippen LogP contribution in [0.15, 0.2) is 72.8 Å². The third kappa shape index (κ3) is 9.02. The second-order valence-corrected chi connectivity index (χ2v) is 10.6. The van der Waals surface area contributed by atoms with Gasteiger partial charge in [-0.1, -0.05) is 72.8 Å². The van der Waals surface area contributed by atoms with E-state index < -0.39 is 6.04 Å². The molecule has 204 valence electrons. The molecule has 0 spiro atoms. The van der Waals surface area contributed by atoms with E-state index in [1.807, 2.05) is 42.7 Å². The molecular weight excluding hydrogens is 518 g/mol. The van der Waals surface area contributed by atoms with Crippen molar-refractivity contribution >= 4 is 46.8 Å². The molecule has 3 aromatic carbocycles. The summed E-state index contributed by atoms with van der Waals surface area (Å²) in [6, 6.07) is 24.0. The number of hydrogen-bond donors (Lipinski definition) is 2. The van der Waals surface area contributed by atoms with Gasteiger partial charge >= 0.3 is 5.97 Å². The molecule has 8 heteroatoms. The number of halogens is 1. The summed E-state index contributed by atoms with van der Waals surface area (Å²) in [6.45, 7) is 2.89. The number of amides is 1. The SMILES string of the molecule is CSCC[C@H](NC(=O)CN(Cc1cccc2ccccc12)C[C@@H]1CCCN1)C(=O)OCc1ccccc1.Cl. The summed E-state index contributed by atoms with van der Waals surface area (Å²) in [5.74, 6) is 0.224. The number of ether oxygens (including phenoxy) is 1. The number of nitrogens with zero attached hydrogens (tertiary/aromatic N) is 1. The van der Waals surface area contributed by atoms with Crippen LogP contribution in [-0.2, 0) is 27.5 Å². The van der Waals surface area contributed by atoms with Gasteiger partial charge in [0.15, 0.2) is 0 Å². The Labute approximate surface area is 236 Å². The Morgan fingerprint density at radius 1 is 1.08 bits per heavy atom. The Bertz CT molecular complexity index is 1150. The molecule has 0 saturated carbocycles. The molecule has 2 atom stereocenters. The van der Waals surface area contributed by atoms with Gasteiger partial charge < -0.3 is 15.4 Å². The van der Waals surface area contributed by atoms with Gasteiger partial charge in [0.25, 0.3) is 0 Å². The minimum Gasteiger partial charge on any atom is -0.459 e. The van der Waals surface area contributed by atoms with E-state index in [1.165, 1.54) is 16.3 Å². The van der Waals surface area contributed by atoms with Crippen molar-refractivity contribution in [2.45, 2.75) is 44.5 Å². The molecule has 0 radical (unpaired) electrons. The van der Waals surface area contributed by atoms with Crippen molar-refractivity contribution in [2.24, 2.45) is 0 Å². The molecule has 6 nitrogen and oxygen atoms in total. The zero-order chi connectivity index (χ0) is 25.9. The van der Waals surface area contributed by atoms with Crippen LogP contribution in [0.25, 0.3) is 10.8 Å². The standard InChI is InChI=1S/C30H37N3O3S.ClH/c1-37-18-16-28(30(35)36-22-23-9-3-2-4-10-23)32-29(34)21-33(20-26-14-8-17-31-26)19-25-13-7-12-24-11-5-6-15-27(24)25;/h2-7,9-13,15,26,28,31H,8,14,16-22H2,1H3,(H,32,34);1H/t26-,28-;/m0./s1. The van der Waals surface area contributed by atoms with Crippen molar-refractivity contribution < 1.29 is 14.3 Å². The highest BCUT2D eigenvalue weighted by molar-refractivity contribution is 7.98. The summed E-state index contributed by atoms with van der Waals surface area (Å²) in [4.78, 5) is 28.3. The fourth-order valence-electron chi connectivity index (χ4n) is 4.84. The Balaban J connectivity index is 0.00000400. The number of hydrogen-bond acceptors (Lipinski definition) is 6. The molecule has 0 aromatic heterocycles. The van der Waals surface area contributed by atoms with Crippen LogP contribution in [0, 0.1) is 0 Å². The van der Waals surface area contributed by atoms with E-state index in [-0.39, 0.29) is 37.4 Å². The number of fused-ring (bicyclic) bond motifs is 1. The number of esters is 1. The highest BCUT2D eigenvalue weighted by Crippen LogP contribution is 2.21. The lowest BCUT2D eigenvalue weighted by Crippen LogP contribution is -2.48. The van der Waals surface area contributed by atoms with Crippen LogP contribution in [-0.4, -0.2) is 60.5 Å². The molecule has 1 fully saturated rings. The molecule has 0 unspecified atom stereocenters. The first-order chi connectivity index (χ1) is 18.1. The second kappa shape index (κ2) is 15.7. The summed E-state index contributed by atoms with van der Waals surface area (Å²) in [5, 5.41) is 8.93. The monoisotopic (exact) mass is 555 g/mol. The van der Waals surface area contributed by atoms with Gasteiger partial charge in [0.2, 0.25) is 5.91 Å². The van der Waals surface area contributed by atoms with Gasteiger partial charge in [-0.2, -0.15) is 11.8 Å². The summed E-state index contributed by atoms with van der Waals surface area (Å²) in [6.07, 6.45) is 4.79. The zero-order valence-electron chi connectivity index (χ0n) is 21.9. The lowest BCUT2D eigenvalue weighted by Gasteiger charge is -2.27. The van der Waals surface area contributed by atoms with E-state index in [0.717, 1.165) is 37.2 Å². The van der Waals surface area contributed by atoms with Gasteiger partial charge in [-0.05, 0) is 59.7 Å². The maximum absolute atomic E-state index is 13.2. The zero-order valence-corrected chi connectivity index (χ0v) is 23.6. The van der Waals surface area contributed by atoms with Gasteiger partial charge in [-0.15, -0.1) is 12.4 Å². The van der Waals surface area contributed by atoms with E-state index in [9.17, 15) is 9.59 Å². The van der Waals surface area contributed by atoms with Crippen molar-refractivity contribution in [3.63, 3.8) is 0 Å². The maximum atomic E-state index is 13.2. The van der Waals surface area contributed by atoms with E-state index in [2.05, 4.69) is 51.9 Å². The number of nitrogens with one attached hydrogen (secondary N) is 2. The molecule has 3 aromatic rings. The van der Waals surface area contributed by atoms with Crippen LogP contribution < -0.4 is 10.6 Å². The highest BCUT2D eigenvalue weighted by Gasteiger charge is 2.25. The van der Waals surface area contributed by atoms with Crippen LogP contribution in [0.5, 0.6) is 0 Å². The van der Waals surface area contributed by atoms with Crippen LogP contribution in [0.2, 0.25) is 0 Å². The molecule has 2 N–H and O–H groups in total. The first-order valence-electron chi connectivity index (χ1n) is 13.0. The van der Waals surface area contributed by atoms with E-state index >= 15 is 0 Å². The normalized spacial score (nSPS) is 15.7. The van der Waals surface area contributed by atoms with Crippen molar-refractivity contribution in [1.82, 2.24) is 15.5 Å². The van der Waals surface area contributed by atoms with Crippen molar-refractivity contribution in [1.29, 1.82) is 0 Å². The molecule has 1 amide bonds. The van der Waals surface area contributed by atoms with Gasteiger partial charge in [-0.25, -0.2) is 4.79 Å². The smallest absolute Gasteiger partial charge is 0.329 e. The Morgan fingerprint density at radius 3 is 2.61 bits per heavy atom. The Morgan fingerprint density at radius 2 is 1.84 bits per heavy atom. The number of rotatable bonds is 13. The van der Waals surface area contributed by atoms with Gasteiger partial charge in [0, 0.05) is 19.1 Å². The largest absolute Gasteiger partial charge is 0.459 e. The first-order valence-corrected chi connectivity index (χ1v) is 14.4. The predicted molar refractivity (Wildman–Crippen MR) is 159 cm³/mol. The summed E-state index contributed by atoms with van der Waals surface area (Å²) in [5.41, 5.74) is 2.13. The minimum absolute atomic E-state index is 0. The molecule has 38 heavy (non-hydrogen) atoms. The number of carbonyl (C=O) groups is 2. The Kier molecular flexibility index (Phi) is 12.4. The number of carbonyl (C=O) groups excluding carboxylic acids is 2. The number of thioether (sulfide) groups is 1. The molecular formula is C30H38ClN3O3S. The van der Waals surface area contributed by atoms with E-state index in [4.69, 9.17) is 4.74 Å². The van der Waals surface area contributed by atoms with Gasteiger partial charge in [0.1, 0.15) is 12.6 Å². The van der Waals surface area contributed by atoms with Crippen molar-refractivity contribution in [2.75, 3.05) is 31.6 Å². The Hall–Kier alpha value is -2.58. The third-order valence-corrected chi connectivity index (χ3v) is 7.38. The minimum atomic E-state index is -0.660. The van der Waals surface area contributed by atoms with Gasteiger partial charge in [-0.3, -0.25) is 9.69 Å². The molecule has 0 aliphatic carbocycles. The second-order valence-electron chi connectivity index (χ2n) is 9.60. The molecule has 1 heterocycles. The molecule has 1 saturated heterocycles. The quantitative estimate of drug-likeness (QED) is 0.295. The van der Waals surface area contributed by atoms with Crippen LogP contribution in [0.1, 0.15) is 30.4 Å². The summed E-state index contributed by atoms with van der Waals surface area (Å²) >= 11 is 1.65. The van der Waals surface area contributed by atoms with E-state index in [1.54, 1.807) is 11.8 Å². The predicted octanol–water partition coefficient (Wildman–Crippen LogP) is 4.80. The topological polar surface area (TPSA) is 70.7 Å². The molecule has 4 rings (SSSR count). The summed E-state index contributed by atoms with van der Waals surface area (Å²) in [7, 11) is 0. The lowest BCUT2D eigenvalue weighted by atomic mass is 10.0. The van der Waals surface area contributed by atoms with Gasteiger partial charge in [0.05, 0.1) is 6.54 Å². The van der Waals surface area contributed by atoms with Crippen LogP contribution in [0.3, 0.4) is 0 Å². The first kappa shape index (κ1) is 30.0. The molecule has 1 aliphatic rings. The average molecular weight is 556 g/mol. The summed E-state index contributed by atoms with van der Waals surface area (Å²) < 4.78 is 5.56. The van der Waals surface area contributed by atoms with Crippen molar-refractivity contribution in [3.8, 4) is 0 Å². The van der Waals surface area contributed by atoms with Crippen LogP contribution in [0.4, 0.5) is 0 Å². The average Bonchev–Trinajstić information content (AvgIpc) is 3.43.